The lowest BCUT2D eigenvalue weighted by Gasteiger charge is -2.14. The van der Waals surface area contributed by atoms with E-state index >= 15 is 0 Å². The van der Waals surface area contributed by atoms with E-state index < -0.39 is 0 Å². The van der Waals surface area contributed by atoms with E-state index in [0.29, 0.717) is 5.92 Å². The predicted octanol–water partition coefficient (Wildman–Crippen LogP) is 3.44. The lowest BCUT2D eigenvalue weighted by atomic mass is 9.95. The summed E-state index contributed by atoms with van der Waals surface area (Å²) >= 11 is 0. The molecule has 0 atom stereocenters. The van der Waals surface area contributed by atoms with Crippen LogP contribution in [0.5, 0.6) is 5.75 Å². The molecule has 0 unspecified atom stereocenters. The van der Waals surface area contributed by atoms with Crippen LogP contribution in [0.2, 0.25) is 0 Å². The van der Waals surface area contributed by atoms with Crippen LogP contribution < -0.4 is 4.74 Å². The highest BCUT2D eigenvalue weighted by molar-refractivity contribution is 5.43. The zero-order valence-electron chi connectivity index (χ0n) is 9.14. The maximum Gasteiger partial charge on any atom is 0.122 e. The van der Waals surface area contributed by atoms with Crippen LogP contribution in [0.1, 0.15) is 36.5 Å². The average molecular weight is 178 g/mol. The quantitative estimate of drug-likeness (QED) is 0.674. The van der Waals surface area contributed by atoms with E-state index in [9.17, 15) is 0 Å². The second-order valence-corrected chi connectivity index (χ2v) is 3.84. The lowest BCUT2D eigenvalue weighted by molar-refractivity contribution is 0.410. The van der Waals surface area contributed by atoms with Gasteiger partial charge in [0.2, 0.25) is 0 Å². The number of aryl methyl sites for hydroxylation is 1. The fraction of sp³-hybridized carbons (Fsp3) is 0.500. The fourth-order valence-corrected chi connectivity index (χ4v) is 1.66. The molecule has 0 amide bonds. The lowest BCUT2D eigenvalue weighted by Crippen LogP contribution is -1.96. The average Bonchev–Trinajstić information content (AvgIpc) is 2.08. The minimum atomic E-state index is 0.564. The summed E-state index contributed by atoms with van der Waals surface area (Å²) in [7, 11) is 1.73. The zero-order chi connectivity index (χ0) is 10.0. The minimum Gasteiger partial charge on any atom is -0.496 e. The van der Waals surface area contributed by atoms with Gasteiger partial charge < -0.3 is 4.74 Å². The Bertz CT molecular complexity index is 300. The molecule has 0 bridgehead atoms. The molecule has 0 saturated heterocycles. The standard InChI is InChI=1S/C12H18O/c1-8(2)11-6-9(3)7-12(13-5)10(11)4/h6-8H,1-5H3. The maximum atomic E-state index is 5.32. The molecule has 1 aromatic rings. The van der Waals surface area contributed by atoms with Crippen molar-refractivity contribution in [2.24, 2.45) is 0 Å². The summed E-state index contributed by atoms with van der Waals surface area (Å²) in [5.41, 5.74) is 3.92. The van der Waals surface area contributed by atoms with Crippen molar-refractivity contribution in [3.05, 3.63) is 28.8 Å². The molecule has 0 aromatic heterocycles. The molecule has 0 aliphatic rings. The van der Waals surface area contributed by atoms with Gasteiger partial charge in [-0.2, -0.15) is 0 Å². The second-order valence-electron chi connectivity index (χ2n) is 3.84. The Balaban J connectivity index is 3.27. The van der Waals surface area contributed by atoms with Crippen molar-refractivity contribution in [3.8, 4) is 5.75 Å². The topological polar surface area (TPSA) is 9.23 Å². The number of methoxy groups -OCH3 is 1. The molecular formula is C12H18O. The summed E-state index contributed by atoms with van der Waals surface area (Å²) in [6.45, 7) is 8.64. The highest BCUT2D eigenvalue weighted by Gasteiger charge is 2.08. The molecule has 0 aliphatic carbocycles. The molecule has 0 radical (unpaired) electrons. The minimum absolute atomic E-state index is 0.564. The van der Waals surface area contributed by atoms with Crippen LogP contribution in [-0.2, 0) is 0 Å². The van der Waals surface area contributed by atoms with Gasteiger partial charge in [-0.15, -0.1) is 0 Å². The first-order valence-corrected chi connectivity index (χ1v) is 4.71. The summed E-state index contributed by atoms with van der Waals surface area (Å²) in [4.78, 5) is 0. The molecule has 0 spiro atoms. The third-order valence-electron chi connectivity index (χ3n) is 2.39. The second kappa shape index (κ2) is 3.82. The van der Waals surface area contributed by atoms with Crippen molar-refractivity contribution >= 4 is 0 Å². The number of rotatable bonds is 2. The first kappa shape index (κ1) is 10.1. The summed E-state index contributed by atoms with van der Waals surface area (Å²) in [6, 6.07) is 4.32. The Morgan fingerprint density at radius 3 is 2.23 bits per heavy atom. The Morgan fingerprint density at radius 1 is 1.15 bits per heavy atom. The van der Waals surface area contributed by atoms with Crippen molar-refractivity contribution in [1.29, 1.82) is 0 Å². The van der Waals surface area contributed by atoms with Crippen molar-refractivity contribution in [2.75, 3.05) is 7.11 Å². The molecule has 0 saturated carbocycles. The smallest absolute Gasteiger partial charge is 0.122 e. The highest BCUT2D eigenvalue weighted by Crippen LogP contribution is 2.28. The van der Waals surface area contributed by atoms with Crippen LogP contribution >= 0.6 is 0 Å². The molecular weight excluding hydrogens is 160 g/mol. The first-order valence-electron chi connectivity index (χ1n) is 4.71. The number of hydrogen-bond acceptors (Lipinski definition) is 1. The van der Waals surface area contributed by atoms with Crippen LogP contribution in [0.25, 0.3) is 0 Å². The Labute approximate surface area is 80.7 Å². The maximum absolute atomic E-state index is 5.32. The Kier molecular flexibility index (Phi) is 2.97. The van der Waals surface area contributed by atoms with Gasteiger partial charge in [-0.05, 0) is 42.5 Å². The van der Waals surface area contributed by atoms with Gasteiger partial charge in [-0.1, -0.05) is 19.9 Å². The molecule has 13 heavy (non-hydrogen) atoms. The number of hydrogen-bond donors (Lipinski definition) is 0. The largest absolute Gasteiger partial charge is 0.496 e. The van der Waals surface area contributed by atoms with Crippen molar-refractivity contribution < 1.29 is 4.74 Å². The van der Waals surface area contributed by atoms with Gasteiger partial charge in [0.15, 0.2) is 0 Å². The third-order valence-corrected chi connectivity index (χ3v) is 2.39. The van der Waals surface area contributed by atoms with E-state index in [2.05, 4.69) is 39.8 Å². The molecule has 0 N–H and O–H groups in total. The molecule has 1 heteroatoms. The number of ether oxygens (including phenoxy) is 1. The fourth-order valence-electron chi connectivity index (χ4n) is 1.66. The van der Waals surface area contributed by atoms with E-state index in [1.54, 1.807) is 7.11 Å². The highest BCUT2D eigenvalue weighted by atomic mass is 16.5. The van der Waals surface area contributed by atoms with Crippen LogP contribution in [0.3, 0.4) is 0 Å². The molecule has 0 heterocycles. The summed E-state index contributed by atoms with van der Waals surface area (Å²) in [5.74, 6) is 1.57. The molecule has 1 aromatic carbocycles. The van der Waals surface area contributed by atoms with E-state index in [-0.39, 0.29) is 0 Å². The van der Waals surface area contributed by atoms with Gasteiger partial charge >= 0.3 is 0 Å². The monoisotopic (exact) mass is 178 g/mol. The molecule has 0 fully saturated rings. The first-order chi connectivity index (χ1) is 6.06. The normalized spacial score (nSPS) is 10.6. The Morgan fingerprint density at radius 2 is 1.77 bits per heavy atom. The predicted molar refractivity (Wildman–Crippen MR) is 56.6 cm³/mol. The Hall–Kier alpha value is -0.980. The molecule has 1 nitrogen and oxygen atoms in total. The van der Waals surface area contributed by atoms with E-state index in [4.69, 9.17) is 4.74 Å². The van der Waals surface area contributed by atoms with Crippen LogP contribution in [-0.4, -0.2) is 7.11 Å². The van der Waals surface area contributed by atoms with Crippen LogP contribution in [0.15, 0.2) is 12.1 Å². The SMILES string of the molecule is COc1cc(C)cc(C(C)C)c1C. The van der Waals surface area contributed by atoms with E-state index in [0.717, 1.165) is 5.75 Å². The summed E-state index contributed by atoms with van der Waals surface area (Å²) in [5, 5.41) is 0. The third kappa shape index (κ3) is 2.03. The molecule has 72 valence electrons. The van der Waals surface area contributed by atoms with Gasteiger partial charge in [-0.25, -0.2) is 0 Å². The van der Waals surface area contributed by atoms with Gasteiger partial charge in [0.25, 0.3) is 0 Å². The van der Waals surface area contributed by atoms with Gasteiger partial charge in [0, 0.05) is 0 Å². The summed E-state index contributed by atoms with van der Waals surface area (Å²) in [6.07, 6.45) is 0. The molecule has 0 aliphatic heterocycles. The van der Waals surface area contributed by atoms with E-state index in [1.165, 1.54) is 16.7 Å². The van der Waals surface area contributed by atoms with Crippen LogP contribution in [0.4, 0.5) is 0 Å². The van der Waals surface area contributed by atoms with Crippen LogP contribution in [0, 0.1) is 13.8 Å². The van der Waals surface area contributed by atoms with Gasteiger partial charge in [0.1, 0.15) is 5.75 Å². The number of benzene rings is 1. The van der Waals surface area contributed by atoms with Gasteiger partial charge in [0.05, 0.1) is 7.11 Å². The molecule has 1 rings (SSSR count). The van der Waals surface area contributed by atoms with Crippen molar-refractivity contribution in [2.45, 2.75) is 33.6 Å². The summed E-state index contributed by atoms with van der Waals surface area (Å²) < 4.78 is 5.32. The van der Waals surface area contributed by atoms with Gasteiger partial charge in [-0.3, -0.25) is 0 Å². The zero-order valence-corrected chi connectivity index (χ0v) is 9.14. The van der Waals surface area contributed by atoms with Crippen molar-refractivity contribution in [3.63, 3.8) is 0 Å². The van der Waals surface area contributed by atoms with E-state index in [1.807, 2.05) is 0 Å². The van der Waals surface area contributed by atoms with Crippen molar-refractivity contribution in [1.82, 2.24) is 0 Å².